The van der Waals surface area contributed by atoms with Gasteiger partial charge < -0.3 is 5.32 Å². The second-order valence-electron chi connectivity index (χ2n) is 4.13. The number of amides is 2. The van der Waals surface area contributed by atoms with Crippen LogP contribution in [0.15, 0.2) is 11.6 Å². The fraction of sp³-hybridized carbons (Fsp3) is 0.417. The number of nitrogens with one attached hydrogen (secondary N) is 2. The van der Waals surface area contributed by atoms with Crippen molar-refractivity contribution in [3.8, 4) is 0 Å². The second-order valence-corrected chi connectivity index (χ2v) is 6.25. The Labute approximate surface area is 120 Å². The number of anilines is 1. The van der Waals surface area contributed by atoms with Gasteiger partial charge in [0.15, 0.2) is 5.13 Å². The van der Waals surface area contributed by atoms with E-state index in [1.165, 1.54) is 11.3 Å². The number of aryl methyl sites for hydroxylation is 2. The summed E-state index contributed by atoms with van der Waals surface area (Å²) in [4.78, 5) is 21.5. The van der Waals surface area contributed by atoms with Crippen LogP contribution in [-0.2, 0) is 6.42 Å². The molecular formula is C12H16N4OS2. The van der Waals surface area contributed by atoms with E-state index >= 15 is 0 Å². The van der Waals surface area contributed by atoms with Crippen LogP contribution in [0.5, 0.6) is 0 Å². The minimum absolute atomic E-state index is 0.107. The molecule has 0 fully saturated rings. The highest BCUT2D eigenvalue weighted by atomic mass is 32.1. The summed E-state index contributed by atoms with van der Waals surface area (Å²) < 4.78 is 0. The molecule has 0 saturated heterocycles. The predicted molar refractivity (Wildman–Crippen MR) is 78.9 cm³/mol. The summed E-state index contributed by atoms with van der Waals surface area (Å²) in [5.74, 6) is 0. The predicted octanol–water partition coefficient (Wildman–Crippen LogP) is 3.35. The fourth-order valence-corrected chi connectivity index (χ4v) is 3.06. The molecule has 7 heteroatoms. The second kappa shape index (κ2) is 6.12. The zero-order valence-electron chi connectivity index (χ0n) is 11.1. The molecule has 0 aliphatic rings. The van der Waals surface area contributed by atoms with Gasteiger partial charge in [0.25, 0.3) is 0 Å². The molecule has 1 unspecified atom stereocenters. The van der Waals surface area contributed by atoms with E-state index in [1.54, 1.807) is 11.3 Å². The van der Waals surface area contributed by atoms with Crippen molar-refractivity contribution in [1.29, 1.82) is 0 Å². The third-order valence-corrected chi connectivity index (χ3v) is 4.39. The topological polar surface area (TPSA) is 66.9 Å². The number of thiazole rings is 2. The summed E-state index contributed by atoms with van der Waals surface area (Å²) in [7, 11) is 0. The monoisotopic (exact) mass is 296 g/mol. The highest BCUT2D eigenvalue weighted by Gasteiger charge is 2.13. The van der Waals surface area contributed by atoms with E-state index in [-0.39, 0.29) is 12.1 Å². The van der Waals surface area contributed by atoms with Crippen molar-refractivity contribution in [3.05, 3.63) is 27.2 Å². The largest absolute Gasteiger partial charge is 0.329 e. The Morgan fingerprint density at radius 3 is 2.89 bits per heavy atom. The van der Waals surface area contributed by atoms with Crippen LogP contribution in [-0.4, -0.2) is 16.0 Å². The fourth-order valence-electron chi connectivity index (χ4n) is 1.49. The molecule has 0 bridgehead atoms. The first-order valence-electron chi connectivity index (χ1n) is 6.02. The lowest BCUT2D eigenvalue weighted by Gasteiger charge is -2.10. The third-order valence-electron chi connectivity index (χ3n) is 2.49. The van der Waals surface area contributed by atoms with Crippen LogP contribution in [0.3, 0.4) is 0 Å². The van der Waals surface area contributed by atoms with Gasteiger partial charge in [-0.1, -0.05) is 6.92 Å². The number of carbonyl (C=O) groups excluding carboxylic acids is 1. The first-order valence-corrected chi connectivity index (χ1v) is 7.72. The van der Waals surface area contributed by atoms with E-state index in [1.807, 2.05) is 32.3 Å². The highest BCUT2D eigenvalue weighted by molar-refractivity contribution is 7.14. The molecule has 0 aliphatic carbocycles. The number of aromatic nitrogens is 2. The molecule has 0 aromatic carbocycles. The molecule has 5 nitrogen and oxygen atoms in total. The molecule has 2 heterocycles. The van der Waals surface area contributed by atoms with Gasteiger partial charge >= 0.3 is 6.03 Å². The molecule has 2 aromatic rings. The molecule has 2 aromatic heterocycles. The Morgan fingerprint density at radius 1 is 1.53 bits per heavy atom. The Kier molecular flexibility index (Phi) is 4.49. The number of carbonyl (C=O) groups is 1. The van der Waals surface area contributed by atoms with Crippen molar-refractivity contribution in [2.45, 2.75) is 33.2 Å². The minimum atomic E-state index is -0.252. The van der Waals surface area contributed by atoms with Crippen LogP contribution < -0.4 is 10.6 Å². The van der Waals surface area contributed by atoms with Gasteiger partial charge in [0.2, 0.25) is 0 Å². The molecule has 0 radical (unpaired) electrons. The van der Waals surface area contributed by atoms with E-state index in [0.29, 0.717) is 5.13 Å². The lowest BCUT2D eigenvalue weighted by atomic mass is 10.4. The standard InChI is InChI=1S/C12H16N4OS2/c1-4-9-6-18-12(15-9)16-11(17)14-8(3)10-13-5-7(2)19-10/h5-6,8H,4H2,1-3H3,(H2,14,15,16,17). The molecule has 0 spiro atoms. The Balaban J connectivity index is 1.90. The molecule has 19 heavy (non-hydrogen) atoms. The van der Waals surface area contributed by atoms with Crippen molar-refractivity contribution in [2.24, 2.45) is 0 Å². The molecular weight excluding hydrogens is 280 g/mol. The van der Waals surface area contributed by atoms with Gasteiger partial charge in [-0.15, -0.1) is 22.7 Å². The maximum Gasteiger partial charge on any atom is 0.321 e. The van der Waals surface area contributed by atoms with Gasteiger partial charge in [-0.3, -0.25) is 5.32 Å². The number of nitrogens with zero attached hydrogens (tertiary/aromatic N) is 2. The van der Waals surface area contributed by atoms with Crippen LogP contribution in [0.25, 0.3) is 0 Å². The zero-order valence-corrected chi connectivity index (χ0v) is 12.7. The molecule has 2 amide bonds. The number of hydrogen-bond acceptors (Lipinski definition) is 5. The van der Waals surface area contributed by atoms with E-state index in [2.05, 4.69) is 20.6 Å². The lowest BCUT2D eigenvalue weighted by molar-refractivity contribution is 0.249. The quantitative estimate of drug-likeness (QED) is 0.909. The molecule has 1 atom stereocenters. The lowest BCUT2D eigenvalue weighted by Crippen LogP contribution is -2.31. The summed E-state index contributed by atoms with van der Waals surface area (Å²) in [6.45, 7) is 5.94. The Morgan fingerprint density at radius 2 is 2.32 bits per heavy atom. The zero-order chi connectivity index (χ0) is 13.8. The van der Waals surface area contributed by atoms with Gasteiger partial charge in [0.05, 0.1) is 11.7 Å². The van der Waals surface area contributed by atoms with E-state index in [0.717, 1.165) is 22.0 Å². The van der Waals surface area contributed by atoms with Gasteiger partial charge in [-0.2, -0.15) is 0 Å². The van der Waals surface area contributed by atoms with Gasteiger partial charge in [0, 0.05) is 16.5 Å². The third kappa shape index (κ3) is 3.74. The minimum Gasteiger partial charge on any atom is -0.329 e. The average molecular weight is 296 g/mol. The van der Waals surface area contributed by atoms with Crippen LogP contribution in [0, 0.1) is 6.92 Å². The highest BCUT2D eigenvalue weighted by Crippen LogP contribution is 2.19. The maximum absolute atomic E-state index is 11.8. The number of rotatable bonds is 4. The van der Waals surface area contributed by atoms with E-state index in [4.69, 9.17) is 0 Å². The summed E-state index contributed by atoms with van der Waals surface area (Å²) in [6, 6.07) is -0.360. The molecule has 0 saturated carbocycles. The smallest absolute Gasteiger partial charge is 0.321 e. The van der Waals surface area contributed by atoms with Gasteiger partial charge in [0.1, 0.15) is 5.01 Å². The average Bonchev–Trinajstić information content (AvgIpc) is 2.97. The molecule has 102 valence electrons. The molecule has 2 rings (SSSR count). The van der Waals surface area contributed by atoms with Crippen molar-refractivity contribution >= 4 is 33.8 Å². The van der Waals surface area contributed by atoms with Crippen molar-refractivity contribution in [2.75, 3.05) is 5.32 Å². The van der Waals surface area contributed by atoms with Crippen LogP contribution >= 0.6 is 22.7 Å². The van der Waals surface area contributed by atoms with Gasteiger partial charge in [-0.05, 0) is 20.3 Å². The molecule has 0 aliphatic heterocycles. The van der Waals surface area contributed by atoms with Crippen molar-refractivity contribution < 1.29 is 4.79 Å². The van der Waals surface area contributed by atoms with E-state index < -0.39 is 0 Å². The Bertz CT molecular complexity index is 564. The normalized spacial score (nSPS) is 12.2. The van der Waals surface area contributed by atoms with Gasteiger partial charge in [-0.25, -0.2) is 14.8 Å². The van der Waals surface area contributed by atoms with Crippen molar-refractivity contribution in [3.63, 3.8) is 0 Å². The summed E-state index contributed by atoms with van der Waals surface area (Å²) >= 11 is 3.02. The van der Waals surface area contributed by atoms with Crippen molar-refractivity contribution in [1.82, 2.24) is 15.3 Å². The van der Waals surface area contributed by atoms with Crippen LogP contribution in [0.4, 0.5) is 9.93 Å². The van der Waals surface area contributed by atoms with Crippen LogP contribution in [0.1, 0.15) is 35.5 Å². The first-order chi connectivity index (χ1) is 9.08. The maximum atomic E-state index is 11.8. The number of urea groups is 1. The summed E-state index contributed by atoms with van der Waals surface area (Å²) in [6.07, 6.45) is 2.68. The first kappa shape index (κ1) is 14.0. The Hall–Kier alpha value is -1.47. The number of hydrogen-bond donors (Lipinski definition) is 2. The van der Waals surface area contributed by atoms with Crippen LogP contribution in [0.2, 0.25) is 0 Å². The summed E-state index contributed by atoms with van der Waals surface area (Å²) in [5, 5.41) is 9.06. The van der Waals surface area contributed by atoms with E-state index in [9.17, 15) is 4.79 Å². The molecule has 2 N–H and O–H groups in total. The summed E-state index contributed by atoms with van der Waals surface area (Å²) in [5.41, 5.74) is 0.990. The SMILES string of the molecule is CCc1csc(NC(=O)NC(C)c2ncc(C)s2)n1.